The van der Waals surface area contributed by atoms with E-state index in [1.165, 1.54) is 4.57 Å². The lowest BCUT2D eigenvalue weighted by Crippen LogP contribution is -2.34. The summed E-state index contributed by atoms with van der Waals surface area (Å²) in [7, 11) is -3.72. The van der Waals surface area contributed by atoms with E-state index in [0.29, 0.717) is 19.3 Å². The zero-order chi connectivity index (χ0) is 21.3. The van der Waals surface area contributed by atoms with Crippen molar-refractivity contribution in [1.29, 1.82) is 0 Å². The van der Waals surface area contributed by atoms with Crippen LogP contribution in [0, 0.1) is 5.82 Å². The molecule has 1 heterocycles. The highest BCUT2D eigenvalue weighted by molar-refractivity contribution is 7.89. The van der Waals surface area contributed by atoms with Gasteiger partial charge >= 0.3 is 5.69 Å². The van der Waals surface area contributed by atoms with Gasteiger partial charge in [0.25, 0.3) is 0 Å². The Kier molecular flexibility index (Phi) is 5.40. The number of aromatic nitrogens is 2. The third-order valence-electron chi connectivity index (χ3n) is 5.33. The minimum Gasteiger partial charge on any atom is -0.381 e. The Labute approximate surface area is 173 Å². The van der Waals surface area contributed by atoms with Crippen molar-refractivity contribution in [1.82, 2.24) is 14.3 Å². The smallest absolute Gasteiger partial charge is 0.349 e. The van der Waals surface area contributed by atoms with Crippen LogP contribution in [0.3, 0.4) is 0 Å². The minimum absolute atomic E-state index is 0.169. The highest BCUT2D eigenvalue weighted by Crippen LogP contribution is 2.30. The van der Waals surface area contributed by atoms with Gasteiger partial charge < -0.3 is 5.73 Å². The summed E-state index contributed by atoms with van der Waals surface area (Å²) < 4.78 is 43.1. The standard InChI is InChI=1S/C21H21FN4O3S/c22-19-13-26(21(27)24-20(19)23)17-9-8-16(12-17)25-30(28,29)18-10-6-15(7-11-18)14-4-2-1-3-5-14/h1-7,10-11,13,16-17,25H,8-9,12H2,(H2,23,24,27)/t16-,17-/m0/s1. The molecule has 2 atom stereocenters. The lowest BCUT2D eigenvalue weighted by molar-refractivity contribution is 0.461. The third kappa shape index (κ3) is 4.12. The summed E-state index contributed by atoms with van der Waals surface area (Å²) >= 11 is 0. The molecule has 2 aromatic carbocycles. The first-order valence-corrected chi connectivity index (χ1v) is 11.0. The molecule has 7 nitrogen and oxygen atoms in total. The first-order valence-electron chi connectivity index (χ1n) is 9.55. The molecule has 0 aliphatic heterocycles. The summed E-state index contributed by atoms with van der Waals surface area (Å²) in [6.07, 6.45) is 2.47. The average molecular weight is 428 g/mol. The Hall–Kier alpha value is -3.04. The molecule has 1 aromatic heterocycles. The van der Waals surface area contributed by atoms with Crippen molar-refractivity contribution in [2.45, 2.75) is 36.2 Å². The molecule has 0 radical (unpaired) electrons. The Morgan fingerprint density at radius 3 is 2.40 bits per heavy atom. The lowest BCUT2D eigenvalue weighted by atomic mass is 10.1. The van der Waals surface area contributed by atoms with Gasteiger partial charge in [0.15, 0.2) is 11.6 Å². The summed E-state index contributed by atoms with van der Waals surface area (Å²) in [5.41, 5.74) is 6.61. The average Bonchev–Trinajstić information content (AvgIpc) is 3.19. The maximum Gasteiger partial charge on any atom is 0.349 e. The van der Waals surface area contributed by atoms with Crippen LogP contribution in [0.15, 0.2) is 70.5 Å². The monoisotopic (exact) mass is 428 g/mol. The van der Waals surface area contributed by atoms with Crippen molar-refractivity contribution in [3.8, 4) is 11.1 Å². The maximum atomic E-state index is 13.7. The highest BCUT2D eigenvalue weighted by Gasteiger charge is 2.30. The Balaban J connectivity index is 1.47. The van der Waals surface area contributed by atoms with E-state index >= 15 is 0 Å². The Morgan fingerprint density at radius 1 is 1.03 bits per heavy atom. The van der Waals surface area contributed by atoms with Crippen LogP contribution in [0.5, 0.6) is 0 Å². The molecular weight excluding hydrogens is 407 g/mol. The summed E-state index contributed by atoms with van der Waals surface area (Å²) in [4.78, 5) is 15.6. The number of rotatable bonds is 5. The predicted octanol–water partition coefficient (Wildman–Crippen LogP) is 2.70. The normalized spacial score (nSPS) is 19.1. The molecule has 30 heavy (non-hydrogen) atoms. The fourth-order valence-corrected chi connectivity index (χ4v) is 5.06. The number of halogens is 1. The molecule has 1 saturated carbocycles. The first kappa shape index (κ1) is 20.2. The topological polar surface area (TPSA) is 107 Å². The SMILES string of the molecule is Nc1nc(=O)n([C@H]2CC[C@H](NS(=O)(=O)c3ccc(-c4ccccc4)cc3)C2)cc1F. The molecule has 0 amide bonds. The molecule has 0 saturated heterocycles. The zero-order valence-corrected chi connectivity index (χ0v) is 16.8. The molecule has 1 aliphatic carbocycles. The van der Waals surface area contributed by atoms with E-state index in [4.69, 9.17) is 5.73 Å². The van der Waals surface area contributed by atoms with E-state index in [0.717, 1.165) is 17.3 Å². The fourth-order valence-electron chi connectivity index (χ4n) is 3.78. The zero-order valence-electron chi connectivity index (χ0n) is 16.0. The number of nitrogen functional groups attached to an aromatic ring is 1. The molecule has 1 fully saturated rings. The van der Waals surface area contributed by atoms with Crippen LogP contribution in [-0.4, -0.2) is 24.0 Å². The van der Waals surface area contributed by atoms with Crippen LogP contribution >= 0.6 is 0 Å². The van der Waals surface area contributed by atoms with Crippen molar-refractivity contribution in [3.63, 3.8) is 0 Å². The molecule has 0 unspecified atom stereocenters. The number of nitrogens with one attached hydrogen (secondary N) is 1. The van der Waals surface area contributed by atoms with Crippen LogP contribution in [0.2, 0.25) is 0 Å². The summed E-state index contributed by atoms with van der Waals surface area (Å²) in [5, 5.41) is 0. The number of anilines is 1. The van der Waals surface area contributed by atoms with E-state index in [1.807, 2.05) is 30.3 Å². The number of hydrogen-bond donors (Lipinski definition) is 2. The largest absolute Gasteiger partial charge is 0.381 e. The van der Waals surface area contributed by atoms with Gasteiger partial charge in [0.05, 0.1) is 4.90 Å². The van der Waals surface area contributed by atoms with Crippen molar-refractivity contribution < 1.29 is 12.8 Å². The van der Waals surface area contributed by atoms with Gasteiger partial charge in [-0.1, -0.05) is 42.5 Å². The first-order chi connectivity index (χ1) is 14.3. The van der Waals surface area contributed by atoms with Gasteiger partial charge in [0.2, 0.25) is 10.0 Å². The molecule has 3 N–H and O–H groups in total. The van der Waals surface area contributed by atoms with Gasteiger partial charge in [0, 0.05) is 18.3 Å². The second-order valence-electron chi connectivity index (χ2n) is 7.34. The van der Waals surface area contributed by atoms with Crippen LogP contribution in [0.25, 0.3) is 11.1 Å². The van der Waals surface area contributed by atoms with Gasteiger partial charge in [0.1, 0.15) is 0 Å². The molecule has 4 rings (SSSR count). The van der Waals surface area contributed by atoms with E-state index in [9.17, 15) is 17.6 Å². The van der Waals surface area contributed by atoms with Gasteiger partial charge in [-0.3, -0.25) is 4.57 Å². The third-order valence-corrected chi connectivity index (χ3v) is 6.86. The molecule has 0 spiro atoms. The van der Waals surface area contributed by atoms with E-state index in [2.05, 4.69) is 9.71 Å². The number of sulfonamides is 1. The predicted molar refractivity (Wildman–Crippen MR) is 112 cm³/mol. The van der Waals surface area contributed by atoms with Gasteiger partial charge in [-0.25, -0.2) is 22.3 Å². The second kappa shape index (κ2) is 8.00. The number of benzene rings is 2. The quantitative estimate of drug-likeness (QED) is 0.650. The molecular formula is C21H21FN4O3S. The van der Waals surface area contributed by atoms with Crippen LogP contribution in [-0.2, 0) is 10.0 Å². The van der Waals surface area contributed by atoms with Gasteiger partial charge in [-0.15, -0.1) is 0 Å². The Bertz CT molecular complexity index is 1210. The van der Waals surface area contributed by atoms with Crippen molar-refractivity contribution in [2.75, 3.05) is 5.73 Å². The maximum absolute atomic E-state index is 13.7. The highest BCUT2D eigenvalue weighted by atomic mass is 32.2. The molecule has 9 heteroatoms. The minimum atomic E-state index is -3.72. The number of hydrogen-bond acceptors (Lipinski definition) is 5. The van der Waals surface area contributed by atoms with Crippen molar-refractivity contribution in [3.05, 3.63) is 77.1 Å². The summed E-state index contributed by atoms with van der Waals surface area (Å²) in [6.45, 7) is 0. The number of nitrogens with two attached hydrogens (primary N) is 1. The summed E-state index contributed by atoms with van der Waals surface area (Å²) in [6, 6.07) is 15.7. The van der Waals surface area contributed by atoms with Crippen LogP contribution < -0.4 is 16.1 Å². The molecule has 1 aliphatic rings. The number of nitrogens with zero attached hydrogens (tertiary/aromatic N) is 2. The van der Waals surface area contributed by atoms with Crippen molar-refractivity contribution in [2.24, 2.45) is 0 Å². The van der Waals surface area contributed by atoms with Crippen molar-refractivity contribution >= 4 is 15.8 Å². The van der Waals surface area contributed by atoms with E-state index in [-0.39, 0.29) is 17.0 Å². The molecule has 0 bridgehead atoms. The fraction of sp³-hybridized carbons (Fsp3) is 0.238. The molecule has 3 aromatic rings. The van der Waals surface area contributed by atoms with Crippen LogP contribution in [0.1, 0.15) is 25.3 Å². The Morgan fingerprint density at radius 2 is 1.70 bits per heavy atom. The van der Waals surface area contributed by atoms with Gasteiger partial charge in [-0.2, -0.15) is 4.98 Å². The molecule has 156 valence electrons. The van der Waals surface area contributed by atoms with Gasteiger partial charge in [-0.05, 0) is 42.5 Å². The van der Waals surface area contributed by atoms with Crippen LogP contribution in [0.4, 0.5) is 10.2 Å². The van der Waals surface area contributed by atoms with E-state index < -0.39 is 27.3 Å². The lowest BCUT2D eigenvalue weighted by Gasteiger charge is -2.16. The summed E-state index contributed by atoms with van der Waals surface area (Å²) in [5.74, 6) is -1.21. The second-order valence-corrected chi connectivity index (χ2v) is 9.05. The van der Waals surface area contributed by atoms with E-state index in [1.54, 1.807) is 24.3 Å².